The number of benzene rings is 1. The molecule has 1 spiro atoms. The maximum atomic E-state index is 14.9. The summed E-state index contributed by atoms with van der Waals surface area (Å²) in [5.41, 5.74) is 3.23. The lowest BCUT2D eigenvalue weighted by Crippen LogP contribution is -2.66. The molecule has 0 bridgehead atoms. The van der Waals surface area contributed by atoms with Gasteiger partial charge in [-0.05, 0) is 149 Å². The van der Waals surface area contributed by atoms with E-state index in [0.717, 1.165) is 54.9 Å². The molecule has 81 heavy (non-hydrogen) atoms. The van der Waals surface area contributed by atoms with Crippen molar-refractivity contribution in [2.45, 2.75) is 207 Å². The molecule has 7 N–H and O–H groups in total. The third-order valence-corrected chi connectivity index (χ3v) is 17.8. The maximum absolute atomic E-state index is 14.9. The molecule has 4 amide bonds. The molecule has 15 atom stereocenters. The van der Waals surface area contributed by atoms with Gasteiger partial charge in [-0.25, -0.2) is 9.82 Å². The fourth-order valence-electron chi connectivity index (χ4n) is 11.7. The largest absolute Gasteiger partial charge is 0.505 e. The average Bonchev–Trinajstić information content (AvgIpc) is 4.31. The first-order valence-electron chi connectivity index (χ1n) is 29.2. The second kappa shape index (κ2) is 28.4. The number of aromatic hydroxyl groups is 1. The second-order valence-corrected chi connectivity index (χ2v) is 24.3. The SMILES string of the molecule is C#C/C=C/[C@H](O)[C@H](C)[C@@H](O)[C@@H](CCC(C)=O)C(=O)NC(C(=O)NC1(C(=O)N2CCCC(C(=O)O[C@@H](CC)/C(C)=C/C=C/CC[C@H](C)C(C)C[C@@H]3O[C@@]4(NC(=O)C(C)(CC)C[C@@H]4C)C(C)=CC3=C)N2)C[C@H]1c1ccc(F)c(O)c1)C(C)C. The Hall–Kier alpha value is -5.93. The molecule has 0 radical (unpaired) electrons. The van der Waals surface area contributed by atoms with Crippen LogP contribution in [0.2, 0.25) is 0 Å². The predicted molar refractivity (Wildman–Crippen MR) is 310 cm³/mol. The lowest BCUT2D eigenvalue weighted by Gasteiger charge is -2.52. The number of aliphatic hydroxyl groups is 2. The molecule has 3 aliphatic heterocycles. The summed E-state index contributed by atoms with van der Waals surface area (Å²) in [6, 6.07) is 1.49. The second-order valence-electron chi connectivity index (χ2n) is 24.3. The van der Waals surface area contributed by atoms with Crippen LogP contribution in [0.5, 0.6) is 5.75 Å². The van der Waals surface area contributed by atoms with Crippen molar-refractivity contribution in [3.05, 3.63) is 89.3 Å². The van der Waals surface area contributed by atoms with Crippen molar-refractivity contribution in [2.75, 3.05) is 6.54 Å². The molecule has 5 unspecified atom stereocenters. The van der Waals surface area contributed by atoms with Gasteiger partial charge in [-0.1, -0.05) is 105 Å². The van der Waals surface area contributed by atoms with Crippen molar-refractivity contribution in [3.63, 3.8) is 0 Å². The number of nitrogens with one attached hydrogen (secondary N) is 4. The number of phenolic OH excluding ortho intramolecular Hbond substituents is 1. The number of carbonyl (C=O) groups excluding carboxylic acids is 6. The van der Waals surface area contributed by atoms with Crippen LogP contribution in [0.3, 0.4) is 0 Å². The van der Waals surface area contributed by atoms with Crippen molar-refractivity contribution >= 4 is 35.4 Å². The number of esters is 1. The molecule has 1 saturated carbocycles. The molecule has 446 valence electrons. The van der Waals surface area contributed by atoms with Gasteiger partial charge < -0.3 is 45.5 Å². The Morgan fingerprint density at radius 2 is 1.77 bits per heavy atom. The highest BCUT2D eigenvalue weighted by molar-refractivity contribution is 5.98. The molecule has 2 saturated heterocycles. The van der Waals surface area contributed by atoms with Crippen molar-refractivity contribution in [2.24, 2.45) is 40.9 Å². The number of aliphatic hydroxyl groups excluding tert-OH is 2. The van der Waals surface area contributed by atoms with E-state index in [2.05, 4.69) is 73.7 Å². The van der Waals surface area contributed by atoms with Crippen molar-refractivity contribution in [3.8, 4) is 18.1 Å². The van der Waals surface area contributed by atoms with Gasteiger partial charge in [0, 0.05) is 36.1 Å². The molecule has 1 aliphatic carbocycles. The van der Waals surface area contributed by atoms with Crippen molar-refractivity contribution in [1.82, 2.24) is 26.4 Å². The predicted octanol–water partition coefficient (Wildman–Crippen LogP) is 8.48. The number of Topliss-reactive ketones (excluding diaryl/α,β-unsaturated/α-hetero) is 1. The number of carbonyl (C=O) groups is 6. The lowest BCUT2D eigenvalue weighted by atomic mass is 9.69. The number of halogens is 1. The number of hydrogen-bond acceptors (Lipinski definition) is 12. The monoisotopic (exact) mass is 1130 g/mol. The topological polar surface area (TPSA) is 233 Å². The fraction of sp³-hybridized carbons (Fsp3) is 0.625. The molecular formula is C64H92FN5O11. The number of rotatable bonds is 26. The number of ether oxygens (including phenoxy) is 2. The van der Waals surface area contributed by atoms with Gasteiger partial charge in [0.1, 0.15) is 29.5 Å². The molecule has 3 heterocycles. The van der Waals surface area contributed by atoms with Gasteiger partial charge in [-0.15, -0.1) is 6.42 Å². The van der Waals surface area contributed by atoms with Crippen LogP contribution in [0.25, 0.3) is 0 Å². The van der Waals surface area contributed by atoms with Crippen molar-refractivity contribution in [1.29, 1.82) is 0 Å². The van der Waals surface area contributed by atoms with Crippen LogP contribution in [0.4, 0.5) is 4.39 Å². The Balaban J connectivity index is 1.22. The summed E-state index contributed by atoms with van der Waals surface area (Å²) in [4.78, 5) is 82.8. The minimum absolute atomic E-state index is 0.0269. The number of allylic oxidation sites excluding steroid dienone is 4. The van der Waals surface area contributed by atoms with Gasteiger partial charge in [0.2, 0.25) is 17.7 Å². The summed E-state index contributed by atoms with van der Waals surface area (Å²) in [7, 11) is 0. The van der Waals surface area contributed by atoms with Crippen LogP contribution < -0.4 is 21.4 Å². The third kappa shape index (κ3) is 15.8. The summed E-state index contributed by atoms with van der Waals surface area (Å²) >= 11 is 0. The van der Waals surface area contributed by atoms with Crippen LogP contribution in [0.1, 0.15) is 165 Å². The summed E-state index contributed by atoms with van der Waals surface area (Å²) in [6.45, 7) is 27.3. The summed E-state index contributed by atoms with van der Waals surface area (Å²) in [6.07, 6.45) is 17.7. The quantitative estimate of drug-likeness (QED) is 0.0263. The van der Waals surface area contributed by atoms with E-state index in [9.17, 15) is 48.5 Å². The fourth-order valence-corrected chi connectivity index (χ4v) is 11.7. The molecule has 5 rings (SSSR count). The van der Waals surface area contributed by atoms with Crippen LogP contribution >= 0.6 is 0 Å². The number of phenols is 1. The molecule has 4 aliphatic rings. The van der Waals surface area contributed by atoms with E-state index in [4.69, 9.17) is 15.9 Å². The van der Waals surface area contributed by atoms with Gasteiger partial charge in [0.05, 0.1) is 24.2 Å². The summed E-state index contributed by atoms with van der Waals surface area (Å²) in [5, 5.41) is 42.6. The minimum Gasteiger partial charge on any atom is -0.505 e. The highest BCUT2D eigenvalue weighted by Crippen LogP contribution is 2.54. The number of ketones is 1. The molecule has 1 aromatic carbocycles. The minimum atomic E-state index is -1.66. The maximum Gasteiger partial charge on any atom is 0.325 e. The third-order valence-electron chi connectivity index (χ3n) is 17.8. The highest BCUT2D eigenvalue weighted by atomic mass is 19.1. The Labute approximate surface area is 480 Å². The number of amides is 4. The van der Waals surface area contributed by atoms with Crippen LogP contribution in [-0.2, 0) is 38.2 Å². The van der Waals surface area contributed by atoms with Gasteiger partial charge in [0.25, 0.3) is 5.91 Å². The standard InChI is InChI=1S/C64H92FN5O11/c1-15-18-26-51(72)45(13)56(74)47(29-27-44(12)71)57(75)66-55(37(4)5)58(76)67-63(36-48(63)46-28-30-49(65)52(73)34-46)61(79)70-31-22-25-50(69-70)59(77)80-53(16-2)39(7)24-21-19-20-23-38(6)40(8)33-54-41(9)32-42(10)64(81-54)43(11)35-62(14,17-3)60(78)68-64/h1,18-19,21,24,26,28,30,32,34,37-38,40,43,45,47-48,50-51,53-56,69,72-74H,9,16-17,20,22-23,25,27,29,31,33,35-36H2,2-8,10-14H3,(H,66,75)(H,67,76)(H,68,78)/b21-19+,26-18+,39-24+/t38-,40?,43-,45-,47+,48-,50?,51-,53-,54-,55?,56+,62?,63?,64-/m0/s1. The van der Waals surface area contributed by atoms with Crippen LogP contribution in [-0.4, -0.2) is 110 Å². The lowest BCUT2D eigenvalue weighted by molar-refractivity contribution is -0.172. The van der Waals surface area contributed by atoms with Crippen LogP contribution in [0, 0.1) is 59.1 Å². The molecular weight excluding hydrogens is 1030 g/mol. The number of hydrogen-bond donors (Lipinski definition) is 7. The van der Waals surface area contributed by atoms with Gasteiger partial charge in [-0.3, -0.25) is 29.0 Å². The van der Waals surface area contributed by atoms with Crippen molar-refractivity contribution < 1.29 is 58.0 Å². The number of hydrazine groups is 1. The first-order chi connectivity index (χ1) is 38.1. The first-order valence-corrected chi connectivity index (χ1v) is 29.2. The Kier molecular flexibility index (Phi) is 23.1. The molecule has 3 fully saturated rings. The molecule has 1 aromatic rings. The number of nitrogens with zero attached hydrogens (tertiary/aromatic N) is 1. The van der Waals surface area contributed by atoms with Gasteiger partial charge >= 0.3 is 5.97 Å². The van der Waals surface area contributed by atoms with E-state index in [1.54, 1.807) is 13.8 Å². The molecule has 0 aromatic heterocycles. The number of piperidine rings is 1. The number of terminal acetylenes is 1. The molecule has 17 heteroatoms. The van der Waals surface area contributed by atoms with Gasteiger partial charge in [-0.2, -0.15) is 0 Å². The average molecular weight is 1130 g/mol. The van der Waals surface area contributed by atoms with E-state index in [-0.39, 0.29) is 49.5 Å². The van der Waals surface area contributed by atoms with Gasteiger partial charge in [0.15, 0.2) is 17.3 Å². The van der Waals surface area contributed by atoms with E-state index in [0.29, 0.717) is 36.7 Å². The zero-order chi connectivity index (χ0) is 60.3. The smallest absolute Gasteiger partial charge is 0.325 e. The van der Waals surface area contributed by atoms with E-state index in [1.807, 2.05) is 39.8 Å². The molecule has 16 nitrogen and oxygen atoms in total. The Morgan fingerprint density at radius 3 is 2.40 bits per heavy atom. The van der Waals surface area contributed by atoms with E-state index < -0.39 is 106 Å². The van der Waals surface area contributed by atoms with E-state index in [1.165, 1.54) is 43.1 Å². The summed E-state index contributed by atoms with van der Waals surface area (Å²) < 4.78 is 27.2. The first kappa shape index (κ1) is 65.9. The zero-order valence-corrected chi connectivity index (χ0v) is 49.9. The van der Waals surface area contributed by atoms with Crippen LogP contribution in [0.15, 0.2) is 78.0 Å². The highest BCUT2D eigenvalue weighted by Gasteiger charge is 2.64. The van der Waals surface area contributed by atoms with E-state index >= 15 is 0 Å². The zero-order valence-electron chi connectivity index (χ0n) is 49.9. The summed E-state index contributed by atoms with van der Waals surface area (Å²) in [5.74, 6) is -4.78. The Morgan fingerprint density at radius 1 is 1.06 bits per heavy atom. The Bertz CT molecular complexity index is 2640. The normalized spacial score (nSPS) is 28.0.